The Morgan fingerprint density at radius 2 is 2.12 bits per heavy atom. The molecule has 0 radical (unpaired) electrons. The molecule has 0 saturated heterocycles. The number of nitrogens with two attached hydrogens (primary N) is 1. The Hall–Kier alpha value is -0.830. The lowest BCUT2D eigenvalue weighted by Crippen LogP contribution is -2.10. The van der Waals surface area contributed by atoms with Crippen LogP contribution in [0.1, 0.15) is 32.3 Å². The van der Waals surface area contributed by atoms with Gasteiger partial charge in [0.15, 0.2) is 0 Å². The normalized spacial score (nSPS) is 14.7. The number of nitrogen functional groups attached to an aromatic ring is 1. The van der Waals surface area contributed by atoms with E-state index in [0.29, 0.717) is 17.4 Å². The molecule has 0 saturated carbocycles. The Kier molecular flexibility index (Phi) is 5.00. The van der Waals surface area contributed by atoms with Crippen LogP contribution in [0.25, 0.3) is 0 Å². The van der Waals surface area contributed by atoms with Crippen molar-refractivity contribution in [3.8, 4) is 0 Å². The zero-order valence-electron chi connectivity index (χ0n) is 10.3. The van der Waals surface area contributed by atoms with Crippen LogP contribution in [0, 0.1) is 12.8 Å². The van der Waals surface area contributed by atoms with Crippen LogP contribution in [-0.2, 0) is 10.8 Å². The van der Waals surface area contributed by atoms with Crippen LogP contribution < -0.4 is 5.73 Å². The number of anilines is 1. The van der Waals surface area contributed by atoms with Gasteiger partial charge in [-0.1, -0.05) is 38.8 Å². The summed E-state index contributed by atoms with van der Waals surface area (Å²) in [4.78, 5) is 0.794. The van der Waals surface area contributed by atoms with Gasteiger partial charge in [0.2, 0.25) is 0 Å². The van der Waals surface area contributed by atoms with E-state index in [1.165, 1.54) is 0 Å². The molecular formula is C13H21NOS. The Labute approximate surface area is 101 Å². The van der Waals surface area contributed by atoms with E-state index < -0.39 is 10.8 Å². The second-order valence-corrected chi connectivity index (χ2v) is 5.86. The van der Waals surface area contributed by atoms with Crippen molar-refractivity contribution < 1.29 is 4.21 Å². The third-order valence-corrected chi connectivity index (χ3v) is 4.47. The summed E-state index contributed by atoms with van der Waals surface area (Å²) in [5.41, 5.74) is 7.63. The zero-order chi connectivity index (χ0) is 12.1. The summed E-state index contributed by atoms with van der Waals surface area (Å²) in [7, 11) is -0.962. The average molecular weight is 239 g/mol. The summed E-state index contributed by atoms with van der Waals surface area (Å²) < 4.78 is 12.1. The van der Waals surface area contributed by atoms with Gasteiger partial charge in [0, 0.05) is 5.75 Å². The molecule has 0 amide bonds. The molecule has 0 spiro atoms. The lowest BCUT2D eigenvalue weighted by atomic mass is 10.1. The fourth-order valence-electron chi connectivity index (χ4n) is 1.78. The highest BCUT2D eigenvalue weighted by Crippen LogP contribution is 2.22. The van der Waals surface area contributed by atoms with Crippen LogP contribution in [-0.4, -0.2) is 9.96 Å². The first-order valence-corrected chi connectivity index (χ1v) is 7.11. The molecule has 2 unspecified atom stereocenters. The lowest BCUT2D eigenvalue weighted by Gasteiger charge is -2.12. The summed E-state index contributed by atoms with van der Waals surface area (Å²) >= 11 is 0. The van der Waals surface area contributed by atoms with Crippen LogP contribution in [0.15, 0.2) is 23.1 Å². The average Bonchev–Trinajstić information content (AvgIpc) is 2.22. The topological polar surface area (TPSA) is 43.1 Å². The highest BCUT2D eigenvalue weighted by atomic mass is 32.2. The van der Waals surface area contributed by atoms with E-state index in [2.05, 4.69) is 13.8 Å². The van der Waals surface area contributed by atoms with Crippen LogP contribution in [0.3, 0.4) is 0 Å². The molecule has 1 rings (SSSR count). The minimum Gasteiger partial charge on any atom is -0.398 e. The Morgan fingerprint density at radius 3 is 2.75 bits per heavy atom. The SMILES string of the molecule is CCCC(C)CS(=O)c1cccc(C)c1N. The fraction of sp³-hybridized carbons (Fsp3) is 0.538. The number of para-hydroxylation sites is 1. The second kappa shape index (κ2) is 6.04. The van der Waals surface area contributed by atoms with Crippen molar-refractivity contribution in [3.05, 3.63) is 23.8 Å². The number of rotatable bonds is 5. The first kappa shape index (κ1) is 13.2. The van der Waals surface area contributed by atoms with Crippen molar-refractivity contribution >= 4 is 16.5 Å². The highest BCUT2D eigenvalue weighted by Gasteiger charge is 2.12. The molecule has 2 nitrogen and oxygen atoms in total. The maximum Gasteiger partial charge on any atom is 0.0620 e. The van der Waals surface area contributed by atoms with E-state index >= 15 is 0 Å². The van der Waals surface area contributed by atoms with E-state index in [1.54, 1.807) is 0 Å². The summed E-state index contributed by atoms with van der Waals surface area (Å²) in [6.07, 6.45) is 2.26. The van der Waals surface area contributed by atoms with Crippen molar-refractivity contribution in [2.75, 3.05) is 11.5 Å². The van der Waals surface area contributed by atoms with Gasteiger partial charge in [-0.05, 0) is 24.5 Å². The first-order chi connectivity index (χ1) is 7.56. The summed E-state index contributed by atoms with van der Waals surface area (Å²) in [6, 6.07) is 5.74. The predicted molar refractivity (Wildman–Crippen MR) is 70.9 cm³/mol. The molecule has 0 bridgehead atoms. The number of benzene rings is 1. The van der Waals surface area contributed by atoms with Gasteiger partial charge >= 0.3 is 0 Å². The minimum absolute atomic E-state index is 0.491. The highest BCUT2D eigenvalue weighted by molar-refractivity contribution is 7.85. The van der Waals surface area contributed by atoms with E-state index in [1.807, 2.05) is 25.1 Å². The number of hydrogen-bond acceptors (Lipinski definition) is 2. The molecule has 1 aromatic carbocycles. The third kappa shape index (κ3) is 3.34. The van der Waals surface area contributed by atoms with E-state index in [-0.39, 0.29) is 0 Å². The first-order valence-electron chi connectivity index (χ1n) is 5.79. The van der Waals surface area contributed by atoms with Crippen LogP contribution in [0.2, 0.25) is 0 Å². The standard InChI is InChI=1S/C13H21NOS/c1-4-6-10(2)9-16(15)12-8-5-7-11(3)13(12)14/h5,7-8,10H,4,6,9,14H2,1-3H3. The molecule has 2 atom stereocenters. The lowest BCUT2D eigenvalue weighted by molar-refractivity contribution is 0.574. The maximum absolute atomic E-state index is 12.1. The van der Waals surface area contributed by atoms with Gasteiger partial charge in [-0.25, -0.2) is 0 Å². The van der Waals surface area contributed by atoms with Gasteiger partial charge in [-0.2, -0.15) is 0 Å². The van der Waals surface area contributed by atoms with Crippen molar-refractivity contribution in [1.29, 1.82) is 0 Å². The molecule has 1 aromatic rings. The molecule has 0 heterocycles. The summed E-state index contributed by atoms with van der Waals surface area (Å²) in [5.74, 6) is 1.20. The molecular weight excluding hydrogens is 218 g/mol. The fourth-order valence-corrected chi connectivity index (χ4v) is 3.28. The molecule has 0 aliphatic heterocycles. The molecule has 0 aliphatic rings. The predicted octanol–water partition coefficient (Wildman–Crippen LogP) is 3.12. The molecule has 3 heteroatoms. The van der Waals surface area contributed by atoms with Crippen molar-refractivity contribution in [3.63, 3.8) is 0 Å². The van der Waals surface area contributed by atoms with Crippen molar-refractivity contribution in [1.82, 2.24) is 0 Å². The van der Waals surface area contributed by atoms with Crippen LogP contribution >= 0.6 is 0 Å². The van der Waals surface area contributed by atoms with Crippen molar-refractivity contribution in [2.45, 2.75) is 38.5 Å². The molecule has 2 N–H and O–H groups in total. The zero-order valence-corrected chi connectivity index (χ0v) is 11.1. The van der Waals surface area contributed by atoms with Gasteiger partial charge in [-0.3, -0.25) is 4.21 Å². The Morgan fingerprint density at radius 1 is 1.44 bits per heavy atom. The van der Waals surface area contributed by atoms with E-state index in [4.69, 9.17) is 5.73 Å². The smallest absolute Gasteiger partial charge is 0.0620 e. The minimum atomic E-state index is -0.962. The van der Waals surface area contributed by atoms with Crippen LogP contribution in [0.4, 0.5) is 5.69 Å². The van der Waals surface area contributed by atoms with Gasteiger partial charge in [0.25, 0.3) is 0 Å². The molecule has 90 valence electrons. The number of hydrogen-bond donors (Lipinski definition) is 1. The third-order valence-electron chi connectivity index (χ3n) is 2.75. The monoisotopic (exact) mass is 239 g/mol. The summed E-state index contributed by atoms with van der Waals surface area (Å²) in [5, 5.41) is 0. The van der Waals surface area contributed by atoms with Gasteiger partial charge in [0.05, 0.1) is 21.4 Å². The quantitative estimate of drug-likeness (QED) is 0.802. The summed E-state index contributed by atoms with van der Waals surface area (Å²) in [6.45, 7) is 6.25. The van der Waals surface area contributed by atoms with Gasteiger partial charge in [-0.15, -0.1) is 0 Å². The Balaban J connectivity index is 2.77. The maximum atomic E-state index is 12.1. The largest absolute Gasteiger partial charge is 0.398 e. The number of aryl methyl sites for hydroxylation is 1. The van der Waals surface area contributed by atoms with E-state index in [0.717, 1.165) is 23.3 Å². The van der Waals surface area contributed by atoms with Crippen molar-refractivity contribution in [2.24, 2.45) is 5.92 Å². The molecule has 0 fully saturated rings. The Bertz CT molecular complexity index is 376. The van der Waals surface area contributed by atoms with E-state index in [9.17, 15) is 4.21 Å². The molecule has 16 heavy (non-hydrogen) atoms. The van der Waals surface area contributed by atoms with Gasteiger partial charge in [0.1, 0.15) is 0 Å². The van der Waals surface area contributed by atoms with Gasteiger partial charge < -0.3 is 5.73 Å². The second-order valence-electron chi connectivity index (χ2n) is 4.39. The van der Waals surface area contributed by atoms with Crippen LogP contribution in [0.5, 0.6) is 0 Å². The molecule has 0 aromatic heterocycles. The molecule has 0 aliphatic carbocycles.